The second-order valence-corrected chi connectivity index (χ2v) is 5.03. The SMILES string of the molecule is C[C@@H]1C[C@H]1CCCCCCCCC(=O)O. The van der Waals surface area contributed by atoms with Crippen LogP contribution in [0, 0.1) is 11.8 Å². The van der Waals surface area contributed by atoms with E-state index in [4.69, 9.17) is 5.11 Å². The van der Waals surface area contributed by atoms with Gasteiger partial charge in [-0.15, -0.1) is 0 Å². The highest BCUT2D eigenvalue weighted by Crippen LogP contribution is 2.41. The summed E-state index contributed by atoms with van der Waals surface area (Å²) in [6.45, 7) is 2.34. The van der Waals surface area contributed by atoms with Crippen LogP contribution in [-0.2, 0) is 4.79 Å². The number of carboxylic acid groups (broad SMARTS) is 1. The highest BCUT2D eigenvalue weighted by molar-refractivity contribution is 5.66. The third-order valence-electron chi connectivity index (χ3n) is 3.49. The molecule has 0 radical (unpaired) electrons. The lowest BCUT2D eigenvalue weighted by Gasteiger charge is -2.00. The molecule has 2 nitrogen and oxygen atoms in total. The predicted octanol–water partition coefficient (Wildman–Crippen LogP) is 3.85. The maximum Gasteiger partial charge on any atom is 0.303 e. The molecule has 0 unspecified atom stereocenters. The molecule has 0 aromatic carbocycles. The summed E-state index contributed by atoms with van der Waals surface area (Å²) in [5.41, 5.74) is 0. The molecule has 1 aliphatic rings. The van der Waals surface area contributed by atoms with Gasteiger partial charge in [0.05, 0.1) is 0 Å². The first kappa shape index (κ1) is 12.5. The number of aliphatic carboxylic acids is 1. The van der Waals surface area contributed by atoms with Gasteiger partial charge >= 0.3 is 5.97 Å². The highest BCUT2D eigenvalue weighted by atomic mass is 16.4. The van der Waals surface area contributed by atoms with Gasteiger partial charge in [-0.2, -0.15) is 0 Å². The Balaban J connectivity index is 1.71. The summed E-state index contributed by atoms with van der Waals surface area (Å²) in [6.07, 6.45) is 10.4. The van der Waals surface area contributed by atoms with Gasteiger partial charge in [0.25, 0.3) is 0 Å². The fourth-order valence-electron chi connectivity index (χ4n) is 2.19. The Morgan fingerprint density at radius 2 is 1.67 bits per heavy atom. The standard InChI is InChI=1S/C13H24O2/c1-11-10-12(11)8-6-4-2-3-5-7-9-13(14)15/h11-12H,2-10H2,1H3,(H,14,15)/t11-,12-/m1/s1. The van der Waals surface area contributed by atoms with Crippen molar-refractivity contribution >= 4 is 5.97 Å². The molecule has 88 valence electrons. The first-order valence-corrected chi connectivity index (χ1v) is 6.42. The van der Waals surface area contributed by atoms with Crippen LogP contribution in [0.3, 0.4) is 0 Å². The molecule has 0 aromatic rings. The van der Waals surface area contributed by atoms with Crippen LogP contribution in [0.5, 0.6) is 0 Å². The van der Waals surface area contributed by atoms with E-state index in [1.807, 2.05) is 0 Å². The van der Waals surface area contributed by atoms with Crippen LogP contribution >= 0.6 is 0 Å². The molecule has 15 heavy (non-hydrogen) atoms. The number of unbranched alkanes of at least 4 members (excludes halogenated alkanes) is 5. The molecule has 0 spiro atoms. The Bertz CT molecular complexity index is 189. The van der Waals surface area contributed by atoms with Crippen molar-refractivity contribution in [2.45, 2.75) is 64.7 Å². The van der Waals surface area contributed by atoms with E-state index in [0.717, 1.165) is 24.7 Å². The zero-order valence-electron chi connectivity index (χ0n) is 9.87. The lowest BCUT2D eigenvalue weighted by Crippen LogP contribution is -1.93. The second kappa shape index (κ2) is 6.86. The molecule has 0 aliphatic heterocycles. The van der Waals surface area contributed by atoms with Crippen molar-refractivity contribution in [3.63, 3.8) is 0 Å². The van der Waals surface area contributed by atoms with E-state index >= 15 is 0 Å². The Morgan fingerprint density at radius 3 is 2.20 bits per heavy atom. The van der Waals surface area contributed by atoms with Gasteiger partial charge in [-0.3, -0.25) is 4.79 Å². The largest absolute Gasteiger partial charge is 0.481 e. The van der Waals surface area contributed by atoms with Gasteiger partial charge in [0, 0.05) is 6.42 Å². The number of carboxylic acids is 1. The van der Waals surface area contributed by atoms with Crippen molar-refractivity contribution in [2.24, 2.45) is 11.8 Å². The van der Waals surface area contributed by atoms with Gasteiger partial charge in [-0.05, 0) is 24.7 Å². The van der Waals surface area contributed by atoms with E-state index in [0.29, 0.717) is 6.42 Å². The van der Waals surface area contributed by atoms with Crippen LogP contribution in [0.25, 0.3) is 0 Å². The number of hydrogen-bond acceptors (Lipinski definition) is 1. The van der Waals surface area contributed by atoms with E-state index in [1.165, 1.54) is 38.5 Å². The molecule has 1 fully saturated rings. The Hall–Kier alpha value is -0.530. The van der Waals surface area contributed by atoms with Gasteiger partial charge in [0.2, 0.25) is 0 Å². The molecule has 0 saturated heterocycles. The first-order chi connectivity index (χ1) is 7.20. The molecular weight excluding hydrogens is 188 g/mol. The maximum atomic E-state index is 10.2. The van der Waals surface area contributed by atoms with E-state index in [1.54, 1.807) is 0 Å². The van der Waals surface area contributed by atoms with Crippen molar-refractivity contribution in [1.82, 2.24) is 0 Å². The summed E-state index contributed by atoms with van der Waals surface area (Å²) in [7, 11) is 0. The number of hydrogen-bond donors (Lipinski definition) is 1. The number of rotatable bonds is 9. The lowest BCUT2D eigenvalue weighted by atomic mass is 10.1. The van der Waals surface area contributed by atoms with E-state index in [-0.39, 0.29) is 0 Å². The fourth-order valence-corrected chi connectivity index (χ4v) is 2.19. The van der Waals surface area contributed by atoms with Gasteiger partial charge < -0.3 is 5.11 Å². The van der Waals surface area contributed by atoms with Crippen molar-refractivity contribution < 1.29 is 9.90 Å². The average molecular weight is 212 g/mol. The quantitative estimate of drug-likeness (QED) is 0.589. The van der Waals surface area contributed by atoms with E-state index < -0.39 is 5.97 Å². The lowest BCUT2D eigenvalue weighted by molar-refractivity contribution is -0.137. The minimum atomic E-state index is -0.655. The van der Waals surface area contributed by atoms with Gasteiger partial charge in [-0.1, -0.05) is 45.4 Å². The maximum absolute atomic E-state index is 10.2. The van der Waals surface area contributed by atoms with Crippen LogP contribution in [0.4, 0.5) is 0 Å². The topological polar surface area (TPSA) is 37.3 Å². The average Bonchev–Trinajstić information content (AvgIpc) is 2.86. The summed E-state index contributed by atoms with van der Waals surface area (Å²) in [5, 5.41) is 8.45. The molecule has 0 aromatic heterocycles. The third-order valence-corrected chi connectivity index (χ3v) is 3.49. The van der Waals surface area contributed by atoms with Crippen LogP contribution < -0.4 is 0 Å². The molecule has 0 amide bonds. The molecule has 0 bridgehead atoms. The molecule has 0 heterocycles. The van der Waals surface area contributed by atoms with Crippen LogP contribution in [0.1, 0.15) is 64.7 Å². The zero-order valence-corrected chi connectivity index (χ0v) is 9.87. The molecule has 1 rings (SSSR count). The van der Waals surface area contributed by atoms with Crippen LogP contribution in [-0.4, -0.2) is 11.1 Å². The summed E-state index contributed by atoms with van der Waals surface area (Å²) in [6, 6.07) is 0. The molecular formula is C13H24O2. The molecule has 2 heteroatoms. The minimum Gasteiger partial charge on any atom is -0.481 e. The van der Waals surface area contributed by atoms with E-state index in [9.17, 15) is 4.79 Å². The first-order valence-electron chi connectivity index (χ1n) is 6.42. The molecule has 1 N–H and O–H groups in total. The second-order valence-electron chi connectivity index (χ2n) is 5.03. The normalized spacial score (nSPS) is 24.1. The summed E-state index contributed by atoms with van der Waals surface area (Å²) >= 11 is 0. The van der Waals surface area contributed by atoms with Gasteiger partial charge in [0.1, 0.15) is 0 Å². The van der Waals surface area contributed by atoms with Crippen molar-refractivity contribution in [2.75, 3.05) is 0 Å². The molecule has 1 aliphatic carbocycles. The fraction of sp³-hybridized carbons (Fsp3) is 0.923. The number of carbonyl (C=O) groups is 1. The Labute approximate surface area is 93.1 Å². The summed E-state index contributed by atoms with van der Waals surface area (Å²) < 4.78 is 0. The summed E-state index contributed by atoms with van der Waals surface area (Å²) in [4.78, 5) is 10.2. The Morgan fingerprint density at radius 1 is 1.13 bits per heavy atom. The Kier molecular flexibility index (Phi) is 5.74. The van der Waals surface area contributed by atoms with E-state index in [2.05, 4.69) is 6.92 Å². The summed E-state index contributed by atoms with van der Waals surface area (Å²) in [5.74, 6) is 1.38. The minimum absolute atomic E-state index is 0.347. The predicted molar refractivity (Wildman–Crippen MR) is 61.8 cm³/mol. The third kappa shape index (κ3) is 6.53. The van der Waals surface area contributed by atoms with Crippen molar-refractivity contribution in [3.8, 4) is 0 Å². The van der Waals surface area contributed by atoms with Gasteiger partial charge in [0.15, 0.2) is 0 Å². The highest BCUT2D eigenvalue weighted by Gasteiger charge is 2.31. The van der Waals surface area contributed by atoms with Crippen LogP contribution in [0.15, 0.2) is 0 Å². The van der Waals surface area contributed by atoms with Gasteiger partial charge in [-0.25, -0.2) is 0 Å². The van der Waals surface area contributed by atoms with Crippen molar-refractivity contribution in [3.05, 3.63) is 0 Å². The smallest absolute Gasteiger partial charge is 0.303 e. The monoisotopic (exact) mass is 212 g/mol. The zero-order chi connectivity index (χ0) is 11.1. The molecule has 1 saturated carbocycles. The van der Waals surface area contributed by atoms with Crippen molar-refractivity contribution in [1.29, 1.82) is 0 Å². The van der Waals surface area contributed by atoms with Crippen LogP contribution in [0.2, 0.25) is 0 Å². The molecule has 2 atom stereocenters.